The second-order valence-corrected chi connectivity index (χ2v) is 5.03. The number of carbonyl (C=O) groups is 2. The van der Waals surface area contributed by atoms with Crippen LogP contribution < -0.4 is 0 Å². The van der Waals surface area contributed by atoms with E-state index in [9.17, 15) is 9.59 Å². The monoisotopic (exact) mass is 248 g/mol. The summed E-state index contributed by atoms with van der Waals surface area (Å²) in [6.45, 7) is 4.27. The van der Waals surface area contributed by atoms with Crippen LogP contribution in [0.4, 0.5) is 0 Å². The van der Waals surface area contributed by atoms with Gasteiger partial charge in [0.15, 0.2) is 0 Å². The fourth-order valence-corrected chi connectivity index (χ4v) is 2.09. The number of amides is 1. The smallest absolute Gasteiger partial charge is 0.311 e. The highest BCUT2D eigenvalue weighted by atomic mass is 16.4. The van der Waals surface area contributed by atoms with Crippen LogP contribution in [-0.4, -0.2) is 40.0 Å². The molecule has 5 heteroatoms. The Hall–Kier alpha value is -1.91. The fraction of sp³-hybridized carbons (Fsp3) is 0.462. The molecule has 1 saturated heterocycles. The number of hydrogen-bond donors (Lipinski definition) is 1. The summed E-state index contributed by atoms with van der Waals surface area (Å²) < 4.78 is 0. The van der Waals surface area contributed by atoms with Crippen LogP contribution in [0.25, 0.3) is 0 Å². The van der Waals surface area contributed by atoms with Crippen molar-refractivity contribution in [3.8, 4) is 0 Å². The van der Waals surface area contributed by atoms with Crippen molar-refractivity contribution < 1.29 is 14.7 Å². The average molecular weight is 248 g/mol. The van der Waals surface area contributed by atoms with E-state index in [2.05, 4.69) is 4.98 Å². The molecule has 1 N–H and O–H groups in total. The number of hydrogen-bond acceptors (Lipinski definition) is 3. The average Bonchev–Trinajstić information content (AvgIpc) is 2.73. The van der Waals surface area contributed by atoms with Crippen LogP contribution in [0.3, 0.4) is 0 Å². The van der Waals surface area contributed by atoms with E-state index in [1.54, 1.807) is 24.0 Å². The van der Waals surface area contributed by atoms with Gasteiger partial charge >= 0.3 is 5.97 Å². The molecule has 1 amide bonds. The molecule has 1 aliphatic heterocycles. The van der Waals surface area contributed by atoms with E-state index >= 15 is 0 Å². The topological polar surface area (TPSA) is 70.5 Å². The molecule has 1 aromatic rings. The number of aromatic nitrogens is 1. The maximum absolute atomic E-state index is 12.2. The number of aryl methyl sites for hydroxylation is 1. The molecule has 2 heterocycles. The SMILES string of the molecule is Cc1ccc(C(=O)N2CC[C@](C)(C(=O)O)C2)cn1. The Morgan fingerprint density at radius 1 is 1.44 bits per heavy atom. The summed E-state index contributed by atoms with van der Waals surface area (Å²) in [7, 11) is 0. The van der Waals surface area contributed by atoms with Gasteiger partial charge in [-0.15, -0.1) is 0 Å². The first-order chi connectivity index (χ1) is 8.42. The Labute approximate surface area is 105 Å². The van der Waals surface area contributed by atoms with Crippen molar-refractivity contribution in [2.75, 3.05) is 13.1 Å². The van der Waals surface area contributed by atoms with Gasteiger partial charge < -0.3 is 10.0 Å². The van der Waals surface area contributed by atoms with Crippen molar-refractivity contribution >= 4 is 11.9 Å². The van der Waals surface area contributed by atoms with Gasteiger partial charge in [0.25, 0.3) is 5.91 Å². The number of carboxylic acids is 1. The van der Waals surface area contributed by atoms with Crippen molar-refractivity contribution in [2.45, 2.75) is 20.3 Å². The first-order valence-corrected chi connectivity index (χ1v) is 5.88. The van der Waals surface area contributed by atoms with E-state index in [-0.39, 0.29) is 12.5 Å². The molecule has 1 aliphatic rings. The molecule has 0 unspecified atom stereocenters. The third kappa shape index (κ3) is 2.20. The Bertz CT molecular complexity index is 484. The summed E-state index contributed by atoms with van der Waals surface area (Å²) in [6.07, 6.45) is 2.03. The van der Waals surface area contributed by atoms with Crippen molar-refractivity contribution in [3.05, 3.63) is 29.6 Å². The lowest BCUT2D eigenvalue weighted by Crippen LogP contribution is -2.34. The van der Waals surface area contributed by atoms with Crippen LogP contribution >= 0.6 is 0 Å². The van der Waals surface area contributed by atoms with Gasteiger partial charge in [-0.2, -0.15) is 0 Å². The second-order valence-electron chi connectivity index (χ2n) is 5.03. The van der Waals surface area contributed by atoms with Gasteiger partial charge in [-0.05, 0) is 32.4 Å². The molecule has 0 radical (unpaired) electrons. The molecule has 0 bridgehead atoms. The first kappa shape index (κ1) is 12.5. The van der Waals surface area contributed by atoms with Crippen molar-refractivity contribution in [1.29, 1.82) is 0 Å². The van der Waals surface area contributed by atoms with Gasteiger partial charge in [-0.3, -0.25) is 14.6 Å². The maximum Gasteiger partial charge on any atom is 0.311 e. The summed E-state index contributed by atoms with van der Waals surface area (Å²) in [6, 6.07) is 3.50. The number of pyridine rings is 1. The van der Waals surface area contributed by atoms with Crippen LogP contribution in [0.1, 0.15) is 29.4 Å². The molecule has 96 valence electrons. The minimum atomic E-state index is -0.847. The number of likely N-dealkylation sites (tertiary alicyclic amines) is 1. The predicted molar refractivity (Wildman–Crippen MR) is 65.2 cm³/mol. The van der Waals surface area contributed by atoms with E-state index < -0.39 is 11.4 Å². The number of carboxylic acid groups (broad SMARTS) is 1. The normalized spacial score (nSPS) is 23.1. The zero-order valence-corrected chi connectivity index (χ0v) is 10.5. The quantitative estimate of drug-likeness (QED) is 0.857. The summed E-state index contributed by atoms with van der Waals surface area (Å²) in [5, 5.41) is 9.13. The van der Waals surface area contributed by atoms with Gasteiger partial charge in [-0.25, -0.2) is 0 Å². The van der Waals surface area contributed by atoms with Gasteiger partial charge in [0.1, 0.15) is 0 Å². The van der Waals surface area contributed by atoms with Crippen molar-refractivity contribution in [3.63, 3.8) is 0 Å². The zero-order valence-electron chi connectivity index (χ0n) is 10.5. The third-order valence-corrected chi connectivity index (χ3v) is 3.44. The molecular formula is C13H16N2O3. The van der Waals surface area contributed by atoms with Gasteiger partial charge in [-0.1, -0.05) is 0 Å². The lowest BCUT2D eigenvalue weighted by Gasteiger charge is -2.20. The molecule has 0 spiro atoms. The van der Waals surface area contributed by atoms with Gasteiger partial charge in [0, 0.05) is 25.0 Å². The number of rotatable bonds is 2. The van der Waals surface area contributed by atoms with E-state index in [4.69, 9.17) is 5.11 Å². The number of aliphatic carboxylic acids is 1. The molecule has 1 aromatic heterocycles. The van der Waals surface area contributed by atoms with Crippen LogP contribution in [0.2, 0.25) is 0 Å². The van der Waals surface area contributed by atoms with E-state index in [1.807, 2.05) is 6.92 Å². The Morgan fingerprint density at radius 2 is 2.17 bits per heavy atom. The molecule has 0 aromatic carbocycles. The van der Waals surface area contributed by atoms with Crippen LogP contribution in [-0.2, 0) is 4.79 Å². The van der Waals surface area contributed by atoms with E-state index in [1.165, 1.54) is 6.20 Å². The fourth-order valence-electron chi connectivity index (χ4n) is 2.09. The Balaban J connectivity index is 2.12. The van der Waals surface area contributed by atoms with Gasteiger partial charge in [0.05, 0.1) is 11.0 Å². The van der Waals surface area contributed by atoms with Crippen LogP contribution in [0.5, 0.6) is 0 Å². The highest BCUT2D eigenvalue weighted by Gasteiger charge is 2.42. The molecule has 5 nitrogen and oxygen atoms in total. The minimum Gasteiger partial charge on any atom is -0.481 e. The predicted octanol–water partition coefficient (Wildman–Crippen LogP) is 1.33. The van der Waals surface area contributed by atoms with Crippen LogP contribution in [0, 0.1) is 12.3 Å². The summed E-state index contributed by atoms with van der Waals surface area (Å²) in [4.78, 5) is 28.9. The Kier molecular flexibility index (Phi) is 3.07. The van der Waals surface area contributed by atoms with Crippen LogP contribution in [0.15, 0.2) is 18.3 Å². The third-order valence-electron chi connectivity index (χ3n) is 3.44. The summed E-state index contributed by atoms with van der Waals surface area (Å²) >= 11 is 0. The first-order valence-electron chi connectivity index (χ1n) is 5.88. The second kappa shape index (κ2) is 4.40. The van der Waals surface area contributed by atoms with Crippen molar-refractivity contribution in [2.24, 2.45) is 5.41 Å². The molecular weight excluding hydrogens is 232 g/mol. The Morgan fingerprint density at radius 3 is 2.67 bits per heavy atom. The minimum absolute atomic E-state index is 0.146. The van der Waals surface area contributed by atoms with E-state index in [0.717, 1.165) is 5.69 Å². The maximum atomic E-state index is 12.2. The van der Waals surface area contributed by atoms with Crippen molar-refractivity contribution in [1.82, 2.24) is 9.88 Å². The van der Waals surface area contributed by atoms with Gasteiger partial charge in [0.2, 0.25) is 0 Å². The highest BCUT2D eigenvalue weighted by Crippen LogP contribution is 2.30. The molecule has 1 atom stereocenters. The molecule has 18 heavy (non-hydrogen) atoms. The molecule has 0 saturated carbocycles. The number of carbonyl (C=O) groups excluding carboxylic acids is 1. The standard InChI is InChI=1S/C13H16N2O3/c1-9-3-4-10(7-14-9)11(16)15-6-5-13(2,8-15)12(17)18/h3-4,7H,5-6,8H2,1-2H3,(H,17,18)/t13-/m0/s1. The highest BCUT2D eigenvalue weighted by molar-refractivity contribution is 5.94. The molecule has 2 rings (SSSR count). The summed E-state index contributed by atoms with van der Waals surface area (Å²) in [5.74, 6) is -0.993. The lowest BCUT2D eigenvalue weighted by atomic mass is 9.90. The molecule has 0 aliphatic carbocycles. The lowest BCUT2D eigenvalue weighted by molar-refractivity contribution is -0.147. The summed E-state index contributed by atoms with van der Waals surface area (Å²) in [5.41, 5.74) is 0.534. The van der Waals surface area contributed by atoms with E-state index in [0.29, 0.717) is 18.5 Å². The number of nitrogens with zero attached hydrogens (tertiary/aromatic N) is 2. The zero-order chi connectivity index (χ0) is 13.3. The largest absolute Gasteiger partial charge is 0.481 e. The molecule has 1 fully saturated rings.